The van der Waals surface area contributed by atoms with Crippen molar-refractivity contribution in [2.45, 2.75) is 20.0 Å². The number of rotatable bonds is 4. The van der Waals surface area contributed by atoms with Gasteiger partial charge in [-0.3, -0.25) is 0 Å². The number of likely N-dealkylation sites (N-methyl/N-ethyl adjacent to an activating group) is 1. The van der Waals surface area contributed by atoms with E-state index in [4.69, 9.17) is 16.7 Å². The minimum atomic E-state index is -4.32. The Kier molecular flexibility index (Phi) is 9.19. The highest BCUT2D eigenvalue weighted by atomic mass is 35.5. The van der Waals surface area contributed by atoms with E-state index in [0.717, 1.165) is 56.9 Å². The summed E-state index contributed by atoms with van der Waals surface area (Å²) in [6.45, 7) is 5.89. The molecule has 0 saturated carbocycles. The smallest absolute Gasteiger partial charge is 0.395 e. The number of hydrogen-bond acceptors (Lipinski definition) is 3. The molecule has 2 aromatic carbocycles. The van der Waals surface area contributed by atoms with E-state index in [1.165, 1.54) is 12.1 Å². The third kappa shape index (κ3) is 6.48. The maximum Gasteiger partial charge on any atom is 0.416 e. The fraction of sp³-hybridized carbons (Fsp3) is 0.304. The minimum Gasteiger partial charge on any atom is -0.395 e. The van der Waals surface area contributed by atoms with Crippen molar-refractivity contribution in [2.75, 3.05) is 25.6 Å². The highest BCUT2D eigenvalue weighted by molar-refractivity contribution is 7.19. The molecule has 0 fully saturated rings. The Hall–Kier alpha value is -2.04. The Bertz CT molecular complexity index is 1010. The van der Waals surface area contributed by atoms with Crippen LogP contribution >= 0.6 is 22.9 Å². The predicted octanol–water partition coefficient (Wildman–Crippen LogP) is 6.07. The zero-order valence-corrected chi connectivity index (χ0v) is 18.3. The first-order valence-corrected chi connectivity index (χ1v) is 10.7. The standard InChI is InChI=1S/C19H12ClF3S.C4H11NO/c1-12-18(14-5-7-15(8-6-14)19(21,22)23)16-9-4-13(3-2-10-20)11-17(16)24-12;1-2-5-3-4-6/h4-9,11H,10H2,1H3;5-6H,2-4H2,1H3. The topological polar surface area (TPSA) is 32.3 Å². The molecule has 0 unspecified atom stereocenters. The summed E-state index contributed by atoms with van der Waals surface area (Å²) >= 11 is 7.18. The van der Waals surface area contributed by atoms with E-state index in [0.29, 0.717) is 0 Å². The van der Waals surface area contributed by atoms with Crippen molar-refractivity contribution in [3.8, 4) is 23.0 Å². The maximum absolute atomic E-state index is 12.7. The van der Waals surface area contributed by atoms with Gasteiger partial charge in [-0.05, 0) is 43.3 Å². The maximum atomic E-state index is 12.7. The molecule has 30 heavy (non-hydrogen) atoms. The van der Waals surface area contributed by atoms with Crippen LogP contribution in [-0.4, -0.2) is 30.7 Å². The molecule has 3 rings (SSSR count). The number of aryl methyl sites for hydroxylation is 1. The summed E-state index contributed by atoms with van der Waals surface area (Å²) in [5, 5.41) is 12.1. The van der Waals surface area contributed by atoms with Gasteiger partial charge in [0, 0.05) is 32.6 Å². The molecular formula is C23H23ClF3NOS. The molecule has 1 heterocycles. The number of halogens is 4. The number of benzene rings is 2. The van der Waals surface area contributed by atoms with Crippen LogP contribution in [0.4, 0.5) is 13.2 Å². The molecule has 0 amide bonds. The molecule has 3 aromatic rings. The van der Waals surface area contributed by atoms with Gasteiger partial charge in [0.05, 0.1) is 18.1 Å². The number of nitrogens with one attached hydrogen (secondary N) is 1. The SMILES string of the molecule is CCNCCO.Cc1sc2cc(C#CCCl)ccc2c1-c1ccc(C(F)(F)F)cc1. The van der Waals surface area contributed by atoms with E-state index in [1.54, 1.807) is 11.3 Å². The minimum absolute atomic E-state index is 0.244. The van der Waals surface area contributed by atoms with E-state index in [-0.39, 0.29) is 12.5 Å². The first-order chi connectivity index (χ1) is 14.3. The fourth-order valence-corrected chi connectivity index (χ4v) is 4.07. The third-order valence-electron chi connectivity index (χ3n) is 4.21. The van der Waals surface area contributed by atoms with Gasteiger partial charge in [-0.1, -0.05) is 37.0 Å². The molecule has 0 radical (unpaired) electrons. The number of alkyl halides is 4. The molecule has 2 N–H and O–H groups in total. The summed E-state index contributed by atoms with van der Waals surface area (Å²) in [4.78, 5) is 1.06. The summed E-state index contributed by atoms with van der Waals surface area (Å²) in [5.41, 5.74) is 2.00. The molecule has 0 bridgehead atoms. The first-order valence-electron chi connectivity index (χ1n) is 9.39. The fourth-order valence-electron chi connectivity index (χ4n) is 2.87. The summed E-state index contributed by atoms with van der Waals surface area (Å²) < 4.78 is 39.2. The number of aliphatic hydroxyl groups excluding tert-OH is 1. The predicted molar refractivity (Wildman–Crippen MR) is 120 cm³/mol. The van der Waals surface area contributed by atoms with E-state index in [9.17, 15) is 13.2 Å². The van der Waals surface area contributed by atoms with Gasteiger partial charge in [-0.2, -0.15) is 13.2 Å². The summed E-state index contributed by atoms with van der Waals surface area (Å²) in [5.74, 6) is 6.07. The lowest BCUT2D eigenvalue weighted by Crippen LogP contribution is -2.16. The van der Waals surface area contributed by atoms with Gasteiger partial charge in [-0.25, -0.2) is 0 Å². The lowest BCUT2D eigenvalue weighted by molar-refractivity contribution is -0.137. The Balaban J connectivity index is 0.000000469. The van der Waals surface area contributed by atoms with Crippen LogP contribution in [-0.2, 0) is 6.18 Å². The molecule has 0 saturated heterocycles. The lowest BCUT2D eigenvalue weighted by atomic mass is 10.00. The van der Waals surface area contributed by atoms with Crippen LogP contribution in [0, 0.1) is 18.8 Å². The summed E-state index contributed by atoms with van der Waals surface area (Å²) in [7, 11) is 0. The quantitative estimate of drug-likeness (QED) is 0.285. The molecule has 7 heteroatoms. The highest BCUT2D eigenvalue weighted by Gasteiger charge is 2.30. The average Bonchev–Trinajstić information content (AvgIpc) is 3.05. The highest BCUT2D eigenvalue weighted by Crippen LogP contribution is 2.39. The first kappa shape index (κ1) is 24.2. The molecule has 1 aromatic heterocycles. The van der Waals surface area contributed by atoms with Crippen LogP contribution in [0.2, 0.25) is 0 Å². The van der Waals surface area contributed by atoms with Crippen molar-refractivity contribution in [1.82, 2.24) is 5.32 Å². The van der Waals surface area contributed by atoms with Crippen molar-refractivity contribution in [3.63, 3.8) is 0 Å². The van der Waals surface area contributed by atoms with E-state index in [1.807, 2.05) is 32.0 Å². The van der Waals surface area contributed by atoms with Crippen molar-refractivity contribution in [3.05, 3.63) is 58.5 Å². The van der Waals surface area contributed by atoms with Crippen LogP contribution in [0.25, 0.3) is 21.2 Å². The molecule has 2 nitrogen and oxygen atoms in total. The Morgan fingerprint density at radius 3 is 2.37 bits per heavy atom. The van der Waals surface area contributed by atoms with E-state index < -0.39 is 11.7 Å². The molecule has 0 aliphatic heterocycles. The normalized spacial score (nSPS) is 10.9. The zero-order chi connectivity index (χ0) is 22.1. The van der Waals surface area contributed by atoms with E-state index in [2.05, 4.69) is 17.2 Å². The molecule has 0 spiro atoms. The van der Waals surface area contributed by atoms with Crippen LogP contribution in [0.15, 0.2) is 42.5 Å². The van der Waals surface area contributed by atoms with Gasteiger partial charge in [0.25, 0.3) is 0 Å². The van der Waals surface area contributed by atoms with Gasteiger partial charge in [-0.15, -0.1) is 22.9 Å². The molecule has 0 aliphatic rings. The summed E-state index contributed by atoms with van der Waals surface area (Å²) in [6, 6.07) is 11.2. The second-order valence-electron chi connectivity index (χ2n) is 6.33. The molecule has 160 valence electrons. The number of hydrogen-bond donors (Lipinski definition) is 2. The number of thiophene rings is 1. The Labute approximate surface area is 183 Å². The Morgan fingerprint density at radius 1 is 1.13 bits per heavy atom. The van der Waals surface area contributed by atoms with Crippen molar-refractivity contribution in [2.24, 2.45) is 0 Å². The van der Waals surface area contributed by atoms with Gasteiger partial charge in [0.15, 0.2) is 0 Å². The molecule has 0 aliphatic carbocycles. The zero-order valence-electron chi connectivity index (χ0n) is 16.7. The largest absolute Gasteiger partial charge is 0.416 e. The van der Waals surface area contributed by atoms with Crippen molar-refractivity contribution < 1.29 is 18.3 Å². The monoisotopic (exact) mass is 453 g/mol. The van der Waals surface area contributed by atoms with Crippen molar-refractivity contribution in [1.29, 1.82) is 0 Å². The second kappa shape index (κ2) is 11.4. The number of fused-ring (bicyclic) bond motifs is 1. The van der Waals surface area contributed by atoms with Gasteiger partial charge < -0.3 is 10.4 Å². The van der Waals surface area contributed by atoms with Gasteiger partial charge in [0.1, 0.15) is 0 Å². The van der Waals surface area contributed by atoms with Crippen LogP contribution in [0.1, 0.15) is 22.9 Å². The second-order valence-corrected chi connectivity index (χ2v) is 7.86. The van der Waals surface area contributed by atoms with Gasteiger partial charge in [0.2, 0.25) is 0 Å². The molecular weight excluding hydrogens is 431 g/mol. The lowest BCUT2D eigenvalue weighted by Gasteiger charge is -2.08. The van der Waals surface area contributed by atoms with Crippen LogP contribution in [0.5, 0.6) is 0 Å². The van der Waals surface area contributed by atoms with Gasteiger partial charge >= 0.3 is 6.18 Å². The third-order valence-corrected chi connectivity index (χ3v) is 5.41. The Morgan fingerprint density at radius 2 is 1.83 bits per heavy atom. The van der Waals surface area contributed by atoms with Crippen molar-refractivity contribution >= 4 is 33.0 Å². The summed E-state index contributed by atoms with van der Waals surface area (Å²) in [6.07, 6.45) is -4.32. The van der Waals surface area contributed by atoms with Crippen LogP contribution in [0.3, 0.4) is 0 Å². The van der Waals surface area contributed by atoms with E-state index >= 15 is 0 Å². The average molecular weight is 454 g/mol. The van der Waals surface area contributed by atoms with Crippen LogP contribution < -0.4 is 5.32 Å². The number of aliphatic hydroxyl groups is 1. The molecule has 0 atom stereocenters.